The SMILES string of the molecule is CC(CN)C(=O)NC1CCCc2ccccc21. The van der Waals surface area contributed by atoms with Crippen LogP contribution in [-0.4, -0.2) is 12.5 Å². The van der Waals surface area contributed by atoms with Gasteiger partial charge in [-0.1, -0.05) is 31.2 Å². The van der Waals surface area contributed by atoms with Crippen LogP contribution in [0.15, 0.2) is 24.3 Å². The van der Waals surface area contributed by atoms with Crippen LogP contribution in [0.25, 0.3) is 0 Å². The van der Waals surface area contributed by atoms with Crippen LogP contribution in [0.5, 0.6) is 0 Å². The Morgan fingerprint density at radius 3 is 3.06 bits per heavy atom. The number of hydrogen-bond donors (Lipinski definition) is 2. The van der Waals surface area contributed by atoms with Crippen molar-refractivity contribution in [3.63, 3.8) is 0 Å². The number of carbonyl (C=O) groups is 1. The average Bonchev–Trinajstić information content (AvgIpc) is 2.38. The van der Waals surface area contributed by atoms with Gasteiger partial charge < -0.3 is 11.1 Å². The van der Waals surface area contributed by atoms with Gasteiger partial charge in [-0.2, -0.15) is 0 Å². The van der Waals surface area contributed by atoms with E-state index in [9.17, 15) is 4.79 Å². The average molecular weight is 232 g/mol. The molecule has 17 heavy (non-hydrogen) atoms. The van der Waals surface area contributed by atoms with Gasteiger partial charge in [-0.05, 0) is 30.4 Å². The third-order valence-corrected chi connectivity index (χ3v) is 3.49. The molecule has 3 nitrogen and oxygen atoms in total. The Hall–Kier alpha value is -1.35. The first-order chi connectivity index (χ1) is 8.22. The van der Waals surface area contributed by atoms with Crippen LogP contribution in [0, 0.1) is 5.92 Å². The van der Waals surface area contributed by atoms with Crippen molar-refractivity contribution < 1.29 is 4.79 Å². The highest BCUT2D eigenvalue weighted by molar-refractivity contribution is 5.79. The molecule has 0 aromatic heterocycles. The highest BCUT2D eigenvalue weighted by Crippen LogP contribution is 2.29. The lowest BCUT2D eigenvalue weighted by Gasteiger charge is -2.27. The Labute approximate surface area is 102 Å². The molecule has 0 saturated carbocycles. The van der Waals surface area contributed by atoms with Gasteiger partial charge in [0.25, 0.3) is 0 Å². The van der Waals surface area contributed by atoms with Crippen molar-refractivity contribution in [2.24, 2.45) is 11.7 Å². The summed E-state index contributed by atoms with van der Waals surface area (Å²) < 4.78 is 0. The predicted molar refractivity (Wildman–Crippen MR) is 68.5 cm³/mol. The Bertz CT molecular complexity index is 403. The van der Waals surface area contributed by atoms with Crippen molar-refractivity contribution in [3.05, 3.63) is 35.4 Å². The summed E-state index contributed by atoms with van der Waals surface area (Å²) in [5, 5.41) is 3.11. The van der Waals surface area contributed by atoms with Gasteiger partial charge in [-0.15, -0.1) is 0 Å². The van der Waals surface area contributed by atoms with E-state index in [2.05, 4.69) is 23.5 Å². The lowest BCUT2D eigenvalue weighted by Crippen LogP contribution is -2.37. The number of nitrogens with two attached hydrogens (primary N) is 1. The van der Waals surface area contributed by atoms with Crippen molar-refractivity contribution in [2.45, 2.75) is 32.2 Å². The van der Waals surface area contributed by atoms with E-state index in [0.29, 0.717) is 6.54 Å². The summed E-state index contributed by atoms with van der Waals surface area (Å²) in [4.78, 5) is 11.9. The van der Waals surface area contributed by atoms with Crippen LogP contribution in [0.2, 0.25) is 0 Å². The van der Waals surface area contributed by atoms with Gasteiger partial charge in [0.2, 0.25) is 5.91 Å². The monoisotopic (exact) mass is 232 g/mol. The van der Waals surface area contributed by atoms with E-state index in [1.54, 1.807) is 0 Å². The summed E-state index contributed by atoms with van der Waals surface area (Å²) in [5.41, 5.74) is 8.15. The van der Waals surface area contributed by atoms with E-state index in [1.165, 1.54) is 11.1 Å². The third kappa shape index (κ3) is 2.67. The third-order valence-electron chi connectivity index (χ3n) is 3.49. The first-order valence-corrected chi connectivity index (χ1v) is 6.30. The molecule has 1 aromatic rings. The zero-order chi connectivity index (χ0) is 12.3. The van der Waals surface area contributed by atoms with Crippen molar-refractivity contribution in [1.29, 1.82) is 0 Å². The molecule has 0 radical (unpaired) electrons. The highest BCUT2D eigenvalue weighted by atomic mass is 16.1. The number of amides is 1. The van der Waals surface area contributed by atoms with Gasteiger partial charge in [0, 0.05) is 12.5 Å². The molecule has 0 aliphatic heterocycles. The quantitative estimate of drug-likeness (QED) is 0.834. The first kappa shape index (κ1) is 12.1. The molecule has 3 heteroatoms. The van der Waals surface area contributed by atoms with Gasteiger partial charge in [-0.3, -0.25) is 4.79 Å². The lowest BCUT2D eigenvalue weighted by molar-refractivity contribution is -0.125. The number of fused-ring (bicyclic) bond motifs is 1. The molecule has 1 aromatic carbocycles. The molecule has 2 rings (SSSR count). The van der Waals surface area contributed by atoms with Crippen LogP contribution >= 0.6 is 0 Å². The topological polar surface area (TPSA) is 55.1 Å². The largest absolute Gasteiger partial charge is 0.349 e. The summed E-state index contributed by atoms with van der Waals surface area (Å²) in [6.45, 7) is 2.27. The molecule has 0 heterocycles. The summed E-state index contributed by atoms with van der Waals surface area (Å²) in [6, 6.07) is 8.54. The number of hydrogen-bond acceptors (Lipinski definition) is 2. The second-order valence-corrected chi connectivity index (χ2v) is 4.79. The fourth-order valence-electron chi connectivity index (χ4n) is 2.32. The molecule has 0 bridgehead atoms. The molecule has 3 N–H and O–H groups in total. The molecule has 0 spiro atoms. The van der Waals surface area contributed by atoms with Crippen LogP contribution in [0.3, 0.4) is 0 Å². The molecular weight excluding hydrogens is 212 g/mol. The van der Waals surface area contributed by atoms with Crippen molar-refractivity contribution in [3.8, 4) is 0 Å². The minimum atomic E-state index is -0.107. The molecule has 1 amide bonds. The fourth-order valence-corrected chi connectivity index (χ4v) is 2.32. The maximum absolute atomic E-state index is 11.9. The van der Waals surface area contributed by atoms with Gasteiger partial charge in [-0.25, -0.2) is 0 Å². The maximum Gasteiger partial charge on any atom is 0.224 e. The summed E-state index contributed by atoms with van der Waals surface area (Å²) in [6.07, 6.45) is 3.29. The van der Waals surface area contributed by atoms with Crippen LogP contribution in [-0.2, 0) is 11.2 Å². The second kappa shape index (κ2) is 5.32. The van der Waals surface area contributed by atoms with Gasteiger partial charge in [0.05, 0.1) is 6.04 Å². The number of carbonyl (C=O) groups excluding carboxylic acids is 1. The number of rotatable bonds is 3. The molecule has 2 atom stereocenters. The van der Waals surface area contributed by atoms with E-state index < -0.39 is 0 Å². The smallest absolute Gasteiger partial charge is 0.224 e. The van der Waals surface area contributed by atoms with E-state index in [4.69, 9.17) is 5.73 Å². The van der Waals surface area contributed by atoms with Crippen molar-refractivity contribution in [2.75, 3.05) is 6.54 Å². The molecular formula is C14H20N2O. The summed E-state index contributed by atoms with van der Waals surface area (Å²) in [5.74, 6) is -0.0432. The minimum absolute atomic E-state index is 0.0641. The Morgan fingerprint density at radius 1 is 1.53 bits per heavy atom. The standard InChI is InChI=1S/C14H20N2O/c1-10(9-15)14(17)16-13-8-4-6-11-5-2-3-7-12(11)13/h2-3,5,7,10,13H,4,6,8-9,15H2,1H3,(H,16,17). The van der Waals surface area contributed by atoms with Crippen LogP contribution < -0.4 is 11.1 Å². The molecule has 1 aliphatic carbocycles. The fraction of sp³-hybridized carbons (Fsp3) is 0.500. The number of aryl methyl sites for hydroxylation is 1. The highest BCUT2D eigenvalue weighted by Gasteiger charge is 2.22. The van der Waals surface area contributed by atoms with E-state index in [-0.39, 0.29) is 17.9 Å². The maximum atomic E-state index is 11.9. The molecule has 0 saturated heterocycles. The molecule has 0 fully saturated rings. The summed E-state index contributed by atoms with van der Waals surface area (Å²) >= 11 is 0. The van der Waals surface area contributed by atoms with Crippen LogP contribution in [0.1, 0.15) is 36.9 Å². The van der Waals surface area contributed by atoms with E-state index in [0.717, 1.165) is 19.3 Å². The molecule has 1 aliphatic rings. The lowest BCUT2D eigenvalue weighted by atomic mass is 9.87. The Balaban J connectivity index is 2.11. The zero-order valence-electron chi connectivity index (χ0n) is 10.3. The zero-order valence-corrected chi connectivity index (χ0v) is 10.3. The summed E-state index contributed by atoms with van der Waals surface area (Å²) in [7, 11) is 0. The second-order valence-electron chi connectivity index (χ2n) is 4.79. The number of nitrogens with one attached hydrogen (secondary N) is 1. The van der Waals surface area contributed by atoms with Gasteiger partial charge >= 0.3 is 0 Å². The normalized spacial score (nSPS) is 20.5. The van der Waals surface area contributed by atoms with Gasteiger partial charge in [0.15, 0.2) is 0 Å². The minimum Gasteiger partial charge on any atom is -0.349 e. The number of benzene rings is 1. The Kier molecular flexibility index (Phi) is 3.79. The van der Waals surface area contributed by atoms with Crippen molar-refractivity contribution >= 4 is 5.91 Å². The molecule has 2 unspecified atom stereocenters. The van der Waals surface area contributed by atoms with E-state index in [1.807, 2.05) is 13.0 Å². The van der Waals surface area contributed by atoms with Gasteiger partial charge in [0.1, 0.15) is 0 Å². The first-order valence-electron chi connectivity index (χ1n) is 6.30. The van der Waals surface area contributed by atoms with Crippen molar-refractivity contribution in [1.82, 2.24) is 5.32 Å². The molecule has 92 valence electrons. The van der Waals surface area contributed by atoms with E-state index >= 15 is 0 Å². The predicted octanol–water partition coefficient (Wildman–Crippen LogP) is 1.77. The van der Waals surface area contributed by atoms with Crippen LogP contribution in [0.4, 0.5) is 0 Å². The Morgan fingerprint density at radius 2 is 2.29 bits per heavy atom.